The molecular weight excluding hydrogens is 352 g/mol. The fraction of sp³-hybridized carbons (Fsp3) is 0.368. The molecule has 2 aliphatic rings. The Bertz CT molecular complexity index is 867. The van der Waals surface area contributed by atoms with Gasteiger partial charge < -0.3 is 9.47 Å². The van der Waals surface area contributed by atoms with Crippen molar-refractivity contribution in [3.05, 3.63) is 34.9 Å². The van der Waals surface area contributed by atoms with Crippen LogP contribution in [0.4, 0.5) is 0 Å². The molecule has 2 aliphatic heterocycles. The van der Waals surface area contributed by atoms with E-state index in [2.05, 4.69) is 17.2 Å². The minimum atomic E-state index is -0.992. The molecule has 1 N–H and O–H groups in total. The highest BCUT2D eigenvalue weighted by Crippen LogP contribution is 2.29. The lowest BCUT2D eigenvalue weighted by atomic mass is 10.0. The van der Waals surface area contributed by atoms with Crippen LogP contribution < -0.4 is 5.32 Å². The Kier molecular flexibility index (Phi) is 5.64. The summed E-state index contributed by atoms with van der Waals surface area (Å²) in [6.45, 7) is 1.02. The topological polar surface area (TPSA) is 102 Å². The second-order valence-corrected chi connectivity index (χ2v) is 6.02. The van der Waals surface area contributed by atoms with Gasteiger partial charge in [0.2, 0.25) is 11.8 Å². The summed E-state index contributed by atoms with van der Waals surface area (Å²) in [6.07, 6.45) is 0.194. The number of fused-ring (bicyclic) bond motifs is 1. The van der Waals surface area contributed by atoms with Crippen molar-refractivity contribution in [2.75, 3.05) is 26.9 Å². The van der Waals surface area contributed by atoms with E-state index in [0.717, 1.165) is 4.90 Å². The summed E-state index contributed by atoms with van der Waals surface area (Å²) in [4.78, 5) is 49.9. The summed E-state index contributed by atoms with van der Waals surface area (Å²) >= 11 is 0. The molecule has 140 valence electrons. The molecule has 1 saturated heterocycles. The molecule has 1 unspecified atom stereocenters. The van der Waals surface area contributed by atoms with Crippen LogP contribution in [0.25, 0.3) is 0 Å². The molecule has 8 nitrogen and oxygen atoms in total. The maximum atomic E-state index is 12.9. The number of carbonyl (C=O) groups is 4. The fourth-order valence-electron chi connectivity index (χ4n) is 3.02. The summed E-state index contributed by atoms with van der Waals surface area (Å²) in [5, 5.41) is 2.17. The highest BCUT2D eigenvalue weighted by molar-refractivity contribution is 6.24. The largest absolute Gasteiger partial charge is 0.382 e. The quantitative estimate of drug-likeness (QED) is 0.448. The first-order chi connectivity index (χ1) is 13.0. The number of hydrogen-bond acceptors (Lipinski definition) is 6. The lowest BCUT2D eigenvalue weighted by molar-refractivity contribution is -0.136. The fourth-order valence-corrected chi connectivity index (χ4v) is 3.02. The van der Waals surface area contributed by atoms with Crippen LogP contribution in [0.1, 0.15) is 39.1 Å². The van der Waals surface area contributed by atoms with Gasteiger partial charge in [-0.05, 0) is 18.6 Å². The van der Waals surface area contributed by atoms with Crippen LogP contribution in [0, 0.1) is 11.8 Å². The zero-order valence-corrected chi connectivity index (χ0v) is 14.7. The number of methoxy groups -OCH3 is 1. The van der Waals surface area contributed by atoms with Gasteiger partial charge in [0.15, 0.2) is 0 Å². The summed E-state index contributed by atoms with van der Waals surface area (Å²) < 4.78 is 10.1. The molecule has 0 aromatic heterocycles. The molecule has 0 saturated carbocycles. The molecule has 27 heavy (non-hydrogen) atoms. The summed E-state index contributed by atoms with van der Waals surface area (Å²) in [5.74, 6) is 3.47. The van der Waals surface area contributed by atoms with Crippen molar-refractivity contribution in [3.63, 3.8) is 0 Å². The van der Waals surface area contributed by atoms with Crippen molar-refractivity contribution in [3.8, 4) is 11.8 Å². The SMILES string of the molecule is COCCOCC#Cc1cccc2c1C(=O)N(C1CCC(=O)NC1=O)C2=O. The van der Waals surface area contributed by atoms with Gasteiger partial charge in [0, 0.05) is 19.1 Å². The number of rotatable bonds is 5. The summed E-state index contributed by atoms with van der Waals surface area (Å²) in [7, 11) is 1.57. The molecule has 8 heteroatoms. The molecule has 0 aliphatic carbocycles. The minimum Gasteiger partial charge on any atom is -0.382 e. The predicted molar refractivity (Wildman–Crippen MR) is 92.7 cm³/mol. The molecule has 0 radical (unpaired) electrons. The number of amides is 4. The van der Waals surface area contributed by atoms with Gasteiger partial charge in [-0.2, -0.15) is 0 Å². The third-order valence-electron chi connectivity index (χ3n) is 4.30. The number of hydrogen-bond donors (Lipinski definition) is 1. The number of benzene rings is 1. The Hall–Kier alpha value is -3.02. The van der Waals surface area contributed by atoms with Crippen LogP contribution in [0.5, 0.6) is 0 Å². The smallest absolute Gasteiger partial charge is 0.263 e. The van der Waals surface area contributed by atoms with Crippen molar-refractivity contribution < 1.29 is 28.7 Å². The van der Waals surface area contributed by atoms with Gasteiger partial charge in [-0.25, -0.2) is 0 Å². The highest BCUT2D eigenvalue weighted by Gasteiger charge is 2.45. The Morgan fingerprint density at radius 3 is 2.74 bits per heavy atom. The number of piperidine rings is 1. The molecule has 1 aromatic rings. The molecule has 0 spiro atoms. The monoisotopic (exact) mass is 370 g/mol. The predicted octanol–water partition coefficient (Wildman–Crippen LogP) is 0.102. The third kappa shape index (κ3) is 3.74. The standard InChI is InChI=1S/C19H18N2O6/c1-26-10-11-27-9-3-5-12-4-2-6-13-16(12)19(25)21(18(13)24)14-7-8-15(22)20-17(14)23/h2,4,6,14H,7-11H2,1H3,(H,20,22,23). The Morgan fingerprint density at radius 2 is 2.00 bits per heavy atom. The van der Waals surface area contributed by atoms with E-state index in [1.807, 2.05) is 0 Å². The van der Waals surface area contributed by atoms with Crippen molar-refractivity contribution >= 4 is 23.6 Å². The second kappa shape index (κ2) is 8.12. The van der Waals surface area contributed by atoms with E-state index in [1.54, 1.807) is 19.2 Å². The van der Waals surface area contributed by atoms with E-state index in [0.29, 0.717) is 18.8 Å². The van der Waals surface area contributed by atoms with Gasteiger partial charge in [0.05, 0.1) is 24.3 Å². The molecule has 3 rings (SSSR count). The van der Waals surface area contributed by atoms with E-state index >= 15 is 0 Å². The van der Waals surface area contributed by atoms with Gasteiger partial charge in [0.25, 0.3) is 11.8 Å². The number of ether oxygens (including phenoxy) is 2. The maximum Gasteiger partial charge on any atom is 0.263 e. The normalized spacial score (nSPS) is 18.9. The van der Waals surface area contributed by atoms with Crippen molar-refractivity contribution in [2.45, 2.75) is 18.9 Å². The zero-order chi connectivity index (χ0) is 19.4. The first-order valence-corrected chi connectivity index (χ1v) is 8.44. The summed E-state index contributed by atoms with van der Waals surface area (Å²) in [5.41, 5.74) is 0.782. The average molecular weight is 370 g/mol. The van der Waals surface area contributed by atoms with Crippen LogP contribution in [0.3, 0.4) is 0 Å². The van der Waals surface area contributed by atoms with Gasteiger partial charge in [-0.15, -0.1) is 0 Å². The number of imide groups is 2. The van der Waals surface area contributed by atoms with E-state index in [-0.39, 0.29) is 30.6 Å². The maximum absolute atomic E-state index is 12.9. The first kappa shape index (κ1) is 18.8. The molecule has 1 aromatic carbocycles. The first-order valence-electron chi connectivity index (χ1n) is 8.44. The summed E-state index contributed by atoms with van der Waals surface area (Å²) in [6, 6.07) is 3.81. The van der Waals surface area contributed by atoms with Crippen molar-refractivity contribution in [1.82, 2.24) is 10.2 Å². The second-order valence-electron chi connectivity index (χ2n) is 6.02. The van der Waals surface area contributed by atoms with E-state index in [9.17, 15) is 19.2 Å². The number of nitrogens with one attached hydrogen (secondary N) is 1. The Labute approximate surface area is 155 Å². The number of nitrogens with zero attached hydrogens (tertiary/aromatic N) is 1. The average Bonchev–Trinajstić information content (AvgIpc) is 2.90. The van der Waals surface area contributed by atoms with Crippen LogP contribution in [-0.4, -0.2) is 61.5 Å². The van der Waals surface area contributed by atoms with E-state index in [4.69, 9.17) is 9.47 Å². The lowest BCUT2D eigenvalue weighted by Gasteiger charge is -2.27. The van der Waals surface area contributed by atoms with Crippen LogP contribution >= 0.6 is 0 Å². The lowest BCUT2D eigenvalue weighted by Crippen LogP contribution is -2.54. The van der Waals surface area contributed by atoms with Crippen molar-refractivity contribution in [1.29, 1.82) is 0 Å². The van der Waals surface area contributed by atoms with Crippen molar-refractivity contribution in [2.24, 2.45) is 0 Å². The molecule has 1 atom stereocenters. The van der Waals surface area contributed by atoms with Crippen LogP contribution in [-0.2, 0) is 19.1 Å². The molecule has 2 heterocycles. The number of carbonyl (C=O) groups excluding carboxylic acids is 4. The van der Waals surface area contributed by atoms with Gasteiger partial charge in [0.1, 0.15) is 12.6 Å². The molecule has 4 amide bonds. The van der Waals surface area contributed by atoms with E-state index in [1.165, 1.54) is 6.07 Å². The van der Waals surface area contributed by atoms with E-state index < -0.39 is 29.7 Å². The van der Waals surface area contributed by atoms with Crippen LogP contribution in [0.15, 0.2) is 18.2 Å². The Morgan fingerprint density at radius 1 is 1.19 bits per heavy atom. The molecular formula is C19H18N2O6. The zero-order valence-electron chi connectivity index (χ0n) is 14.7. The third-order valence-corrected chi connectivity index (χ3v) is 4.30. The van der Waals surface area contributed by atoms with Gasteiger partial charge in [-0.1, -0.05) is 17.9 Å². The van der Waals surface area contributed by atoms with Gasteiger partial charge >= 0.3 is 0 Å². The molecule has 0 bridgehead atoms. The Balaban J connectivity index is 1.81. The minimum absolute atomic E-state index is 0.0787. The van der Waals surface area contributed by atoms with Crippen LogP contribution in [0.2, 0.25) is 0 Å². The highest BCUT2D eigenvalue weighted by atomic mass is 16.5. The molecule has 1 fully saturated rings. The van der Waals surface area contributed by atoms with Gasteiger partial charge in [-0.3, -0.25) is 29.4 Å².